The van der Waals surface area contributed by atoms with Crippen LogP contribution in [0, 0.1) is 5.92 Å². The van der Waals surface area contributed by atoms with Gasteiger partial charge in [0.25, 0.3) is 0 Å². The number of nitrogens with one attached hydrogen (secondary N) is 2. The highest BCUT2D eigenvalue weighted by Crippen LogP contribution is 2.07. The average Bonchev–Trinajstić information content (AvgIpc) is 2.16. The summed E-state index contributed by atoms with van der Waals surface area (Å²) in [5.74, 6) is 0.451. The van der Waals surface area contributed by atoms with E-state index in [0.717, 1.165) is 6.29 Å². The highest BCUT2D eigenvalue weighted by molar-refractivity contribution is 5.82. The molecule has 4 heteroatoms. The van der Waals surface area contributed by atoms with Gasteiger partial charge >= 0.3 is 0 Å². The van der Waals surface area contributed by atoms with Gasteiger partial charge in [0.05, 0.1) is 0 Å². The fraction of sp³-hybridized carbons (Fsp3) is 0.455. The molecule has 82 valence electrons. The second-order valence-electron chi connectivity index (χ2n) is 3.92. The molecule has 2 N–H and O–H groups in total. The summed E-state index contributed by atoms with van der Waals surface area (Å²) in [6, 6.07) is 0.0534. The summed E-state index contributed by atoms with van der Waals surface area (Å²) in [5.41, 5.74) is 0.584. The van der Waals surface area contributed by atoms with Gasteiger partial charge in [0.2, 0.25) is 5.91 Å². The number of rotatable bonds is 3. The van der Waals surface area contributed by atoms with Crippen molar-refractivity contribution in [1.82, 2.24) is 10.6 Å². The molecule has 1 aliphatic heterocycles. The summed E-state index contributed by atoms with van der Waals surface area (Å²) < 4.78 is 0. The summed E-state index contributed by atoms with van der Waals surface area (Å²) in [6.45, 7) is 5.55. The Labute approximate surface area is 89.4 Å². The van der Waals surface area contributed by atoms with Crippen LogP contribution in [0.4, 0.5) is 0 Å². The molecule has 1 unspecified atom stereocenters. The number of hydrogen-bond donors (Lipinski definition) is 2. The molecule has 1 aliphatic rings. The van der Waals surface area contributed by atoms with E-state index in [1.165, 1.54) is 0 Å². The largest absolute Gasteiger partial charge is 0.366 e. The van der Waals surface area contributed by atoms with E-state index >= 15 is 0 Å². The van der Waals surface area contributed by atoms with Gasteiger partial charge < -0.3 is 10.6 Å². The maximum absolute atomic E-state index is 11.4. The Morgan fingerprint density at radius 1 is 1.60 bits per heavy atom. The van der Waals surface area contributed by atoms with Gasteiger partial charge in [0, 0.05) is 17.5 Å². The van der Waals surface area contributed by atoms with Gasteiger partial charge in [0.15, 0.2) is 0 Å². The minimum absolute atomic E-state index is 0.0534. The summed E-state index contributed by atoms with van der Waals surface area (Å²) in [7, 11) is 0. The summed E-state index contributed by atoms with van der Waals surface area (Å²) in [5, 5.41) is 5.78. The van der Waals surface area contributed by atoms with E-state index in [4.69, 9.17) is 0 Å². The molecule has 0 spiro atoms. The standard InChI is InChI=1S/C11H16N2O2/c1-7(2)11(15)13-10-5-9(6-14)4-8(3)12-10/h4-8,12H,1-3H3,(H,13,15). The summed E-state index contributed by atoms with van der Waals surface area (Å²) in [4.78, 5) is 22.0. The highest BCUT2D eigenvalue weighted by Gasteiger charge is 2.13. The second-order valence-corrected chi connectivity index (χ2v) is 3.92. The van der Waals surface area contributed by atoms with Crippen molar-refractivity contribution in [3.8, 4) is 0 Å². The number of carbonyl (C=O) groups excluding carboxylic acids is 2. The summed E-state index contributed by atoms with van der Waals surface area (Å²) >= 11 is 0. The minimum atomic E-state index is -0.0754. The van der Waals surface area contributed by atoms with Crippen LogP contribution in [-0.4, -0.2) is 18.2 Å². The van der Waals surface area contributed by atoms with Crippen LogP contribution in [-0.2, 0) is 9.59 Å². The topological polar surface area (TPSA) is 58.2 Å². The predicted octanol–water partition coefficient (Wildman–Crippen LogP) is 0.717. The van der Waals surface area contributed by atoms with Crippen LogP contribution < -0.4 is 10.6 Å². The lowest BCUT2D eigenvalue weighted by Gasteiger charge is -2.21. The zero-order valence-electron chi connectivity index (χ0n) is 9.20. The number of dihydropyridines is 1. The van der Waals surface area contributed by atoms with Gasteiger partial charge in [0.1, 0.15) is 12.1 Å². The van der Waals surface area contributed by atoms with Crippen molar-refractivity contribution >= 4 is 12.2 Å². The van der Waals surface area contributed by atoms with Crippen LogP contribution in [0.25, 0.3) is 0 Å². The molecule has 0 saturated carbocycles. The van der Waals surface area contributed by atoms with E-state index < -0.39 is 0 Å². The highest BCUT2D eigenvalue weighted by atomic mass is 16.2. The van der Waals surface area contributed by atoms with E-state index in [-0.39, 0.29) is 17.9 Å². The molecule has 0 fully saturated rings. The third-order valence-corrected chi connectivity index (χ3v) is 2.05. The minimum Gasteiger partial charge on any atom is -0.366 e. The smallest absolute Gasteiger partial charge is 0.228 e. The first-order valence-electron chi connectivity index (χ1n) is 4.99. The number of allylic oxidation sites excluding steroid dienone is 2. The van der Waals surface area contributed by atoms with Gasteiger partial charge in [-0.1, -0.05) is 19.9 Å². The molecule has 1 atom stereocenters. The Morgan fingerprint density at radius 3 is 2.80 bits per heavy atom. The third kappa shape index (κ3) is 3.23. The quantitative estimate of drug-likeness (QED) is 0.672. The van der Waals surface area contributed by atoms with Crippen LogP contribution in [0.1, 0.15) is 20.8 Å². The fourth-order valence-corrected chi connectivity index (χ4v) is 1.25. The SMILES string of the molecule is CC1C=C(C=O)C=C(NC(=O)C(C)C)N1. The third-order valence-electron chi connectivity index (χ3n) is 2.05. The Morgan fingerprint density at radius 2 is 2.27 bits per heavy atom. The Hall–Kier alpha value is -1.58. The lowest BCUT2D eigenvalue weighted by molar-refractivity contribution is -0.123. The first kappa shape index (κ1) is 11.5. The number of aldehydes is 1. The normalized spacial score (nSPS) is 20.1. The molecule has 0 radical (unpaired) electrons. The first-order valence-corrected chi connectivity index (χ1v) is 4.99. The van der Waals surface area contributed by atoms with Gasteiger partial charge in [-0.05, 0) is 13.0 Å². The molecular weight excluding hydrogens is 192 g/mol. The van der Waals surface area contributed by atoms with E-state index in [2.05, 4.69) is 10.6 Å². The molecule has 0 aromatic rings. The summed E-state index contributed by atoms with van der Waals surface area (Å²) in [6.07, 6.45) is 4.21. The van der Waals surface area contributed by atoms with Gasteiger partial charge in [-0.3, -0.25) is 9.59 Å². The van der Waals surface area contributed by atoms with E-state index in [1.54, 1.807) is 12.2 Å². The van der Waals surface area contributed by atoms with Crippen molar-refractivity contribution in [1.29, 1.82) is 0 Å². The molecule has 1 heterocycles. The van der Waals surface area contributed by atoms with Crippen LogP contribution >= 0.6 is 0 Å². The van der Waals surface area contributed by atoms with Crippen molar-refractivity contribution in [2.75, 3.05) is 0 Å². The maximum Gasteiger partial charge on any atom is 0.228 e. The van der Waals surface area contributed by atoms with Crippen LogP contribution in [0.3, 0.4) is 0 Å². The van der Waals surface area contributed by atoms with Crippen LogP contribution in [0.15, 0.2) is 23.5 Å². The molecule has 0 bridgehead atoms. The predicted molar refractivity (Wildman–Crippen MR) is 57.8 cm³/mol. The average molecular weight is 208 g/mol. The van der Waals surface area contributed by atoms with Crippen molar-refractivity contribution in [2.45, 2.75) is 26.8 Å². The molecule has 0 aromatic carbocycles. The Bertz CT molecular complexity index is 329. The lowest BCUT2D eigenvalue weighted by atomic mass is 10.1. The molecule has 0 saturated heterocycles. The van der Waals surface area contributed by atoms with E-state index in [0.29, 0.717) is 11.4 Å². The molecule has 0 aromatic heterocycles. The number of hydrogen-bond acceptors (Lipinski definition) is 3. The molecule has 15 heavy (non-hydrogen) atoms. The van der Waals surface area contributed by atoms with Gasteiger partial charge in [-0.2, -0.15) is 0 Å². The van der Waals surface area contributed by atoms with Crippen LogP contribution in [0.5, 0.6) is 0 Å². The van der Waals surface area contributed by atoms with E-state index in [9.17, 15) is 9.59 Å². The number of carbonyl (C=O) groups is 2. The maximum atomic E-state index is 11.4. The zero-order chi connectivity index (χ0) is 11.4. The Balaban J connectivity index is 2.71. The Kier molecular flexibility index (Phi) is 3.66. The zero-order valence-corrected chi connectivity index (χ0v) is 9.20. The monoisotopic (exact) mass is 208 g/mol. The van der Waals surface area contributed by atoms with Crippen molar-refractivity contribution < 1.29 is 9.59 Å². The van der Waals surface area contributed by atoms with Crippen molar-refractivity contribution in [3.05, 3.63) is 23.5 Å². The fourth-order valence-electron chi connectivity index (χ4n) is 1.25. The number of amides is 1. The second kappa shape index (κ2) is 4.77. The van der Waals surface area contributed by atoms with Gasteiger partial charge in [-0.15, -0.1) is 0 Å². The molecule has 1 amide bonds. The molecular formula is C11H16N2O2. The molecule has 1 rings (SSSR count). The van der Waals surface area contributed by atoms with Gasteiger partial charge in [-0.25, -0.2) is 0 Å². The van der Waals surface area contributed by atoms with Crippen molar-refractivity contribution in [3.63, 3.8) is 0 Å². The molecule has 4 nitrogen and oxygen atoms in total. The first-order chi connectivity index (χ1) is 7.02. The van der Waals surface area contributed by atoms with Crippen molar-refractivity contribution in [2.24, 2.45) is 5.92 Å². The van der Waals surface area contributed by atoms with Crippen LogP contribution in [0.2, 0.25) is 0 Å². The molecule has 0 aliphatic carbocycles. The van der Waals surface area contributed by atoms with E-state index in [1.807, 2.05) is 20.8 Å². The lowest BCUT2D eigenvalue weighted by Crippen LogP contribution is -2.39.